The average molecular weight is 755 g/mol. The van der Waals surface area contributed by atoms with Gasteiger partial charge in [0.1, 0.15) is 54.0 Å². The normalized spacial score (nSPS) is 12.5. The Hall–Kier alpha value is -6.24. The minimum atomic E-state index is -2.05. The molecule has 0 saturated heterocycles. The molecule has 288 valence electrons. The number of fused-ring (bicyclic) bond motifs is 2. The fraction of sp³-hybridized carbons (Fsp3) is 0.333. The molecule has 0 bridgehead atoms. The van der Waals surface area contributed by atoms with Crippen molar-refractivity contribution in [2.75, 3.05) is 57.4 Å². The van der Waals surface area contributed by atoms with Crippen molar-refractivity contribution in [1.29, 1.82) is 0 Å². The quantitative estimate of drug-likeness (QED) is 0.0667. The zero-order chi connectivity index (χ0) is 39.7. The molecule has 54 heavy (non-hydrogen) atoms. The van der Waals surface area contributed by atoms with Crippen LogP contribution in [0.4, 0.5) is 5.69 Å². The van der Waals surface area contributed by atoms with Gasteiger partial charge in [0.2, 0.25) is 0 Å². The number of carboxylic acids is 4. The van der Waals surface area contributed by atoms with Gasteiger partial charge in [-0.25, -0.2) is 0 Å². The Bertz CT molecular complexity index is 1850. The summed E-state index contributed by atoms with van der Waals surface area (Å²) in [5.74, 6) is -6.03. The number of aryl methyl sites for hydroxylation is 1. The van der Waals surface area contributed by atoms with Crippen molar-refractivity contribution in [3.8, 4) is 28.7 Å². The van der Waals surface area contributed by atoms with Gasteiger partial charge in [-0.2, -0.15) is 0 Å². The lowest BCUT2D eigenvalue weighted by atomic mass is 9.76. The van der Waals surface area contributed by atoms with Gasteiger partial charge in [-0.05, 0) is 54.4 Å². The summed E-state index contributed by atoms with van der Waals surface area (Å²) in [6.45, 7) is 1.09. The summed E-state index contributed by atoms with van der Waals surface area (Å²) in [6, 6.07) is 11.5. The number of hydrogen-bond donors (Lipinski definition) is 5. The second-order valence-corrected chi connectivity index (χ2v) is 12.1. The van der Waals surface area contributed by atoms with Crippen LogP contribution >= 0.6 is 0 Å². The van der Waals surface area contributed by atoms with Gasteiger partial charge in [0.25, 0.3) is 0 Å². The van der Waals surface area contributed by atoms with Gasteiger partial charge in [0.05, 0.1) is 32.0 Å². The van der Waals surface area contributed by atoms with Crippen LogP contribution in [-0.4, -0.2) is 119 Å². The van der Waals surface area contributed by atoms with Crippen LogP contribution in [0.5, 0.6) is 28.7 Å². The first kappa shape index (κ1) is 40.5. The molecule has 5 N–H and O–H groups in total. The van der Waals surface area contributed by atoms with E-state index in [0.717, 1.165) is 9.80 Å². The van der Waals surface area contributed by atoms with Gasteiger partial charge in [-0.1, -0.05) is 0 Å². The third kappa shape index (κ3) is 10.2. The number of aliphatic hydroxyl groups is 1. The SMILES string of the molecule is CC(=O)Oc1ccc2c(c1)Oc1cc(OC(C)=O)ccc1C2(O)c1cc(OCCOCCN(CC(=O)O)CC(=O)O)c(N(CC(=O)O)CC(=O)O)cc1C. The van der Waals surface area contributed by atoms with Crippen LogP contribution in [0.15, 0.2) is 48.5 Å². The van der Waals surface area contributed by atoms with Crippen molar-refractivity contribution in [2.45, 2.75) is 26.4 Å². The summed E-state index contributed by atoms with van der Waals surface area (Å²) in [6.07, 6.45) is 0. The van der Waals surface area contributed by atoms with E-state index in [1.807, 2.05) is 0 Å². The van der Waals surface area contributed by atoms with Gasteiger partial charge in [0.15, 0.2) is 0 Å². The lowest BCUT2D eigenvalue weighted by Crippen LogP contribution is -2.37. The molecule has 0 radical (unpaired) electrons. The van der Waals surface area contributed by atoms with Crippen molar-refractivity contribution < 1.29 is 78.0 Å². The number of nitrogens with zero attached hydrogens (tertiary/aromatic N) is 2. The Morgan fingerprint density at radius 1 is 0.667 bits per heavy atom. The maximum Gasteiger partial charge on any atom is 0.323 e. The summed E-state index contributed by atoms with van der Waals surface area (Å²) in [5, 5.41) is 50.2. The summed E-state index contributed by atoms with van der Waals surface area (Å²) in [4.78, 5) is 71.5. The van der Waals surface area contributed by atoms with E-state index in [9.17, 15) is 44.1 Å². The Kier molecular flexibility index (Phi) is 13.1. The third-order valence-electron chi connectivity index (χ3n) is 7.87. The molecular formula is C36H38N2O16. The van der Waals surface area contributed by atoms with Gasteiger partial charge < -0.3 is 54.1 Å². The summed E-state index contributed by atoms with van der Waals surface area (Å²) >= 11 is 0. The van der Waals surface area contributed by atoms with E-state index < -0.39 is 67.6 Å². The third-order valence-corrected chi connectivity index (χ3v) is 7.87. The standard InChI is InChI=1S/C36H38N2O16/c1-20-12-28(38(18-34(45)46)19-35(47)48)31(51-11-10-50-9-8-37(16-32(41)42)17-33(43)44)15-27(20)36(49)25-6-4-23(52-21(2)39)13-29(25)54-30-14-24(53-22(3)40)5-7-26(30)36/h4-7,12-15,49H,8-11,16-19H2,1-3H3,(H,41,42)(H,43,44)(H,45,46)(H,47,48). The van der Waals surface area contributed by atoms with Gasteiger partial charge in [-0.15, -0.1) is 0 Å². The molecule has 1 heterocycles. The minimum Gasteiger partial charge on any atom is -0.489 e. The van der Waals surface area contributed by atoms with E-state index >= 15 is 0 Å². The number of carbonyl (C=O) groups is 6. The molecule has 0 fully saturated rings. The van der Waals surface area contributed by atoms with E-state index in [2.05, 4.69) is 0 Å². The monoisotopic (exact) mass is 754 g/mol. The molecule has 0 atom stereocenters. The van der Waals surface area contributed by atoms with E-state index in [1.54, 1.807) is 6.92 Å². The highest BCUT2D eigenvalue weighted by Gasteiger charge is 2.44. The molecule has 0 spiro atoms. The fourth-order valence-corrected chi connectivity index (χ4v) is 5.87. The zero-order valence-corrected chi connectivity index (χ0v) is 29.4. The van der Waals surface area contributed by atoms with Crippen LogP contribution in [0.1, 0.15) is 36.1 Å². The summed E-state index contributed by atoms with van der Waals surface area (Å²) in [5.41, 5.74) is -1.06. The van der Waals surface area contributed by atoms with E-state index in [4.69, 9.17) is 33.9 Å². The van der Waals surface area contributed by atoms with Crippen LogP contribution in [0.3, 0.4) is 0 Å². The van der Waals surface area contributed by atoms with Crippen LogP contribution in [-0.2, 0) is 39.1 Å². The zero-order valence-electron chi connectivity index (χ0n) is 29.4. The predicted octanol–water partition coefficient (Wildman–Crippen LogP) is 2.08. The number of rotatable bonds is 19. The fourth-order valence-electron chi connectivity index (χ4n) is 5.87. The lowest BCUT2D eigenvalue weighted by Gasteiger charge is -2.38. The molecule has 1 aliphatic heterocycles. The molecule has 3 aromatic carbocycles. The second kappa shape index (κ2) is 17.5. The number of carbonyl (C=O) groups excluding carboxylic acids is 2. The minimum absolute atomic E-state index is 0.0320. The van der Waals surface area contributed by atoms with Crippen molar-refractivity contribution in [1.82, 2.24) is 4.90 Å². The molecule has 0 aromatic heterocycles. The summed E-state index contributed by atoms with van der Waals surface area (Å²) in [7, 11) is 0. The van der Waals surface area contributed by atoms with Crippen molar-refractivity contribution in [3.05, 3.63) is 70.8 Å². The van der Waals surface area contributed by atoms with Crippen molar-refractivity contribution in [2.24, 2.45) is 0 Å². The number of aliphatic carboxylic acids is 4. The highest BCUT2D eigenvalue weighted by molar-refractivity contribution is 5.82. The Morgan fingerprint density at radius 3 is 1.63 bits per heavy atom. The number of carboxylic acid groups (broad SMARTS) is 4. The number of ether oxygens (including phenoxy) is 5. The first-order chi connectivity index (χ1) is 25.5. The van der Waals surface area contributed by atoms with E-state index in [-0.39, 0.29) is 77.5 Å². The maximum atomic E-state index is 12.9. The molecule has 18 nitrogen and oxygen atoms in total. The molecular weight excluding hydrogens is 716 g/mol. The summed E-state index contributed by atoms with van der Waals surface area (Å²) < 4.78 is 28.2. The van der Waals surface area contributed by atoms with Crippen molar-refractivity contribution in [3.63, 3.8) is 0 Å². The van der Waals surface area contributed by atoms with Crippen LogP contribution < -0.4 is 23.8 Å². The number of esters is 2. The molecule has 18 heteroatoms. The van der Waals surface area contributed by atoms with Crippen LogP contribution in [0, 0.1) is 6.92 Å². The molecule has 0 amide bonds. The van der Waals surface area contributed by atoms with Crippen LogP contribution in [0.2, 0.25) is 0 Å². The Balaban J connectivity index is 1.78. The number of hydrogen-bond acceptors (Lipinski definition) is 14. The molecule has 1 aliphatic rings. The molecule has 3 aromatic rings. The molecule has 0 aliphatic carbocycles. The highest BCUT2D eigenvalue weighted by atomic mass is 16.5. The topological polar surface area (TPSA) is 256 Å². The van der Waals surface area contributed by atoms with E-state index in [1.165, 1.54) is 62.4 Å². The second-order valence-electron chi connectivity index (χ2n) is 12.1. The molecule has 4 rings (SSSR count). The lowest BCUT2D eigenvalue weighted by molar-refractivity contribution is -0.142. The van der Waals surface area contributed by atoms with Crippen LogP contribution in [0.25, 0.3) is 0 Å². The predicted molar refractivity (Wildman–Crippen MR) is 184 cm³/mol. The number of benzene rings is 3. The smallest absolute Gasteiger partial charge is 0.323 e. The first-order valence-corrected chi connectivity index (χ1v) is 16.2. The Morgan fingerprint density at radius 2 is 1.17 bits per heavy atom. The van der Waals surface area contributed by atoms with Crippen molar-refractivity contribution >= 4 is 41.5 Å². The maximum absolute atomic E-state index is 12.9. The average Bonchev–Trinajstić information content (AvgIpc) is 3.04. The van der Waals surface area contributed by atoms with Gasteiger partial charge >= 0.3 is 35.8 Å². The van der Waals surface area contributed by atoms with Gasteiger partial charge in [-0.3, -0.25) is 33.7 Å². The van der Waals surface area contributed by atoms with E-state index in [0.29, 0.717) is 5.56 Å². The number of anilines is 1. The van der Waals surface area contributed by atoms with Gasteiger partial charge in [0, 0.05) is 43.7 Å². The Labute approximate surface area is 307 Å². The highest BCUT2D eigenvalue weighted by Crippen LogP contribution is 2.53. The molecule has 0 saturated carbocycles. The first-order valence-electron chi connectivity index (χ1n) is 16.2. The molecule has 0 unspecified atom stereocenters. The largest absolute Gasteiger partial charge is 0.489 e.